The summed E-state index contributed by atoms with van der Waals surface area (Å²) in [6.07, 6.45) is 0. The summed E-state index contributed by atoms with van der Waals surface area (Å²) in [5.74, 6) is -0.129. The minimum Gasteiger partial charge on any atom is -0.432 e. The Morgan fingerprint density at radius 3 is 2.06 bits per heavy atom. The molecule has 11 heteroatoms. The van der Waals surface area contributed by atoms with Gasteiger partial charge >= 0.3 is 23.1 Å². The Bertz CT molecular complexity index is 612. The smallest absolute Gasteiger partial charge is 0.423 e. The standard InChI is InChI=1S/C7H6F5N2OP3/c8-16(9)6-17(10,14-18(11,12)13-16)15-7-4-2-1-3-5-7/h1-6H. The van der Waals surface area contributed by atoms with Crippen molar-refractivity contribution in [3.8, 4) is 5.75 Å². The van der Waals surface area contributed by atoms with Crippen molar-refractivity contribution >= 4 is 28.6 Å². The van der Waals surface area contributed by atoms with Gasteiger partial charge in [0.15, 0.2) is 0 Å². The zero-order chi connectivity index (χ0) is 13.4. The second-order valence-corrected chi connectivity index (χ2v) is 8.81. The molecular weight excluding hydrogens is 316 g/mol. The maximum absolute atomic E-state index is 14.0. The molecule has 0 spiro atoms. The molecule has 0 aromatic heterocycles. The Labute approximate surface area is 99.9 Å². The number of hydrogen-bond acceptors (Lipinski definition) is 3. The molecule has 3 nitrogen and oxygen atoms in total. The van der Waals surface area contributed by atoms with Crippen molar-refractivity contribution in [3.05, 3.63) is 30.3 Å². The minimum absolute atomic E-state index is 0.129. The molecule has 1 aliphatic rings. The molecular formula is C7H6F5N2OP3. The molecule has 0 N–H and O–H groups in total. The molecule has 0 saturated heterocycles. The van der Waals surface area contributed by atoms with Gasteiger partial charge in [0.25, 0.3) is 0 Å². The van der Waals surface area contributed by atoms with Crippen molar-refractivity contribution in [2.75, 3.05) is 0 Å². The third-order valence-electron chi connectivity index (χ3n) is 1.71. The van der Waals surface area contributed by atoms with E-state index in [9.17, 15) is 21.0 Å². The van der Waals surface area contributed by atoms with Crippen LogP contribution in [-0.2, 0) is 0 Å². The van der Waals surface area contributed by atoms with E-state index in [-0.39, 0.29) is 11.3 Å². The van der Waals surface area contributed by atoms with Crippen LogP contribution in [0.2, 0.25) is 0 Å². The van der Waals surface area contributed by atoms with Gasteiger partial charge in [0, 0.05) is 0 Å². The van der Waals surface area contributed by atoms with Gasteiger partial charge in [-0.1, -0.05) is 18.2 Å². The summed E-state index contributed by atoms with van der Waals surface area (Å²) < 4.78 is 74.8. The number of hydrogen-bond donors (Lipinski definition) is 0. The molecule has 1 aromatic carbocycles. The fraction of sp³-hybridized carbons (Fsp3) is 0. The summed E-state index contributed by atoms with van der Waals surface area (Å²) in [5.41, 5.74) is -0.176. The van der Waals surface area contributed by atoms with Gasteiger partial charge < -0.3 is 4.52 Å². The Morgan fingerprint density at radius 2 is 1.50 bits per heavy atom. The first-order valence-electron chi connectivity index (χ1n) is 4.46. The Hall–Kier alpha value is -0.570. The molecule has 18 heavy (non-hydrogen) atoms. The van der Waals surface area contributed by atoms with Crippen molar-refractivity contribution < 1.29 is 25.5 Å². The predicted octanol–water partition coefficient (Wildman–Crippen LogP) is 6.43. The average Bonchev–Trinajstić information content (AvgIpc) is 2.11. The Morgan fingerprint density at radius 1 is 0.889 bits per heavy atom. The number of nitrogens with zero attached hydrogens (tertiary/aromatic N) is 2. The lowest BCUT2D eigenvalue weighted by atomic mass is 10.3. The van der Waals surface area contributed by atoms with Gasteiger partial charge in [-0.2, -0.15) is 12.6 Å². The number of benzene rings is 1. The third-order valence-corrected chi connectivity index (χ3v) is 8.08. The van der Waals surface area contributed by atoms with Crippen molar-refractivity contribution in [1.82, 2.24) is 0 Å². The monoisotopic (exact) mass is 322 g/mol. The summed E-state index contributed by atoms with van der Waals surface area (Å²) in [6, 6.07) is 7.02. The zero-order valence-electron chi connectivity index (χ0n) is 8.50. The van der Waals surface area contributed by atoms with Crippen LogP contribution in [0.4, 0.5) is 21.0 Å². The molecule has 0 aliphatic carbocycles. The summed E-state index contributed by atoms with van der Waals surface area (Å²) in [7, 11) is -15.9. The van der Waals surface area contributed by atoms with E-state index in [1.165, 1.54) is 24.3 Å². The van der Waals surface area contributed by atoms with E-state index in [0.29, 0.717) is 0 Å². The molecule has 1 heterocycles. The fourth-order valence-corrected chi connectivity index (χ4v) is 7.31. The van der Waals surface area contributed by atoms with Crippen LogP contribution < -0.4 is 4.52 Å². The zero-order valence-corrected chi connectivity index (χ0v) is 11.2. The molecule has 100 valence electrons. The second kappa shape index (κ2) is 4.52. The van der Waals surface area contributed by atoms with Gasteiger partial charge in [-0.3, -0.25) is 0 Å². The molecule has 1 aliphatic heterocycles. The highest BCUT2D eigenvalue weighted by Gasteiger charge is 2.38. The molecule has 1 unspecified atom stereocenters. The Kier molecular flexibility index (Phi) is 3.48. The largest absolute Gasteiger partial charge is 0.432 e. The SMILES string of the molecule is FP1(Oc2ccccc2)=CP(F)(F)=NP(F)(F)=N1. The van der Waals surface area contributed by atoms with E-state index in [1.807, 2.05) is 4.52 Å². The summed E-state index contributed by atoms with van der Waals surface area (Å²) in [6.45, 7) is 0. The van der Waals surface area contributed by atoms with Gasteiger partial charge in [-0.25, -0.2) is 0 Å². The van der Waals surface area contributed by atoms with Crippen molar-refractivity contribution in [1.29, 1.82) is 0 Å². The third kappa shape index (κ3) is 3.47. The van der Waals surface area contributed by atoms with Gasteiger partial charge in [0.1, 0.15) is 11.3 Å². The number of rotatable bonds is 2. The summed E-state index contributed by atoms with van der Waals surface area (Å²) in [4.78, 5) is 0. The molecule has 1 atom stereocenters. The molecule has 0 saturated carbocycles. The van der Waals surface area contributed by atoms with Gasteiger partial charge in [-0.05, 0) is 12.1 Å². The van der Waals surface area contributed by atoms with Crippen LogP contribution in [0.3, 0.4) is 0 Å². The number of halogens is 5. The van der Waals surface area contributed by atoms with Gasteiger partial charge in [-0.15, -0.1) is 17.4 Å². The molecule has 2 rings (SSSR count). The molecule has 0 radical (unpaired) electrons. The lowest BCUT2D eigenvalue weighted by Gasteiger charge is -2.18. The molecule has 1 aromatic rings. The average molecular weight is 322 g/mol. The van der Waals surface area contributed by atoms with Crippen LogP contribution in [0.1, 0.15) is 0 Å². The fourth-order valence-electron chi connectivity index (χ4n) is 1.20. The lowest BCUT2D eigenvalue weighted by Crippen LogP contribution is -1.90. The van der Waals surface area contributed by atoms with Crippen molar-refractivity contribution in [2.24, 2.45) is 9.03 Å². The van der Waals surface area contributed by atoms with Crippen LogP contribution in [0.15, 0.2) is 39.4 Å². The van der Waals surface area contributed by atoms with Crippen LogP contribution in [0.25, 0.3) is 0 Å². The van der Waals surface area contributed by atoms with Gasteiger partial charge in [0.2, 0.25) is 0 Å². The van der Waals surface area contributed by atoms with Crippen molar-refractivity contribution in [2.45, 2.75) is 0 Å². The topological polar surface area (TPSA) is 34.0 Å². The van der Waals surface area contributed by atoms with E-state index < -0.39 is 23.1 Å². The predicted molar refractivity (Wildman–Crippen MR) is 64.3 cm³/mol. The first-order chi connectivity index (χ1) is 8.20. The Balaban J connectivity index is 2.47. The first-order valence-corrected chi connectivity index (χ1v) is 9.15. The molecule has 0 amide bonds. The highest BCUT2D eigenvalue weighted by molar-refractivity contribution is 7.93. The number of para-hydroxylation sites is 1. The maximum Gasteiger partial charge on any atom is 0.423 e. The van der Waals surface area contributed by atoms with E-state index in [4.69, 9.17) is 0 Å². The highest BCUT2D eigenvalue weighted by atomic mass is 31.3. The summed E-state index contributed by atoms with van der Waals surface area (Å²) in [5, 5.41) is 0. The summed E-state index contributed by atoms with van der Waals surface area (Å²) >= 11 is 0. The van der Waals surface area contributed by atoms with E-state index >= 15 is 0 Å². The molecule has 0 bridgehead atoms. The van der Waals surface area contributed by atoms with E-state index in [1.54, 1.807) is 6.07 Å². The molecule has 0 fully saturated rings. The highest BCUT2D eigenvalue weighted by Crippen LogP contribution is 2.78. The first kappa shape index (κ1) is 13.9. The minimum atomic E-state index is -5.65. The van der Waals surface area contributed by atoms with Crippen LogP contribution in [0, 0.1) is 0 Å². The van der Waals surface area contributed by atoms with Gasteiger partial charge in [0.05, 0.1) is 0 Å². The lowest BCUT2D eigenvalue weighted by molar-refractivity contribution is 0.559. The normalized spacial score (nSPS) is 28.5. The van der Waals surface area contributed by atoms with Crippen LogP contribution >= 0.6 is 23.1 Å². The van der Waals surface area contributed by atoms with Crippen LogP contribution in [0.5, 0.6) is 5.75 Å². The van der Waals surface area contributed by atoms with E-state index in [2.05, 4.69) is 9.04 Å². The van der Waals surface area contributed by atoms with E-state index in [0.717, 1.165) is 0 Å². The quantitative estimate of drug-likeness (QED) is 0.456. The second-order valence-electron chi connectivity index (χ2n) is 3.22. The van der Waals surface area contributed by atoms with Crippen molar-refractivity contribution in [3.63, 3.8) is 0 Å². The maximum atomic E-state index is 14.0. The van der Waals surface area contributed by atoms with Crippen LogP contribution in [-0.4, -0.2) is 5.54 Å².